The second-order valence-electron chi connectivity index (χ2n) is 15.5. The monoisotopic (exact) mass is 742 g/mol. The minimum Gasteiger partial charge on any atom is -0.453 e. The summed E-state index contributed by atoms with van der Waals surface area (Å²) in [5.74, 6) is 1.71. The van der Waals surface area contributed by atoms with Crippen molar-refractivity contribution < 1.29 is 4.74 Å². The maximum absolute atomic E-state index is 6.27. The summed E-state index contributed by atoms with van der Waals surface area (Å²) in [7, 11) is 0. The first-order chi connectivity index (χ1) is 28.8. The number of hydrogen-bond acceptors (Lipinski definition) is 3. The quantitative estimate of drug-likeness (QED) is 0.175. The summed E-state index contributed by atoms with van der Waals surface area (Å²) in [6.45, 7) is 0. The summed E-state index contributed by atoms with van der Waals surface area (Å²) < 4.78 is 6.27. The average Bonchev–Trinajstić information content (AvgIpc) is 3.77. The third kappa shape index (κ3) is 4.68. The maximum atomic E-state index is 6.27. The average molecular weight is 743 g/mol. The summed E-state index contributed by atoms with van der Waals surface area (Å²) in [6, 6.07) is 70.5. The Bertz CT molecular complexity index is 2930. The summed E-state index contributed by atoms with van der Waals surface area (Å²) in [6.07, 6.45) is 6.96. The number of allylic oxidation sites excluding steroid dienone is 4. The highest BCUT2D eigenvalue weighted by Crippen LogP contribution is 2.65. The van der Waals surface area contributed by atoms with Gasteiger partial charge >= 0.3 is 0 Å². The third-order valence-corrected chi connectivity index (χ3v) is 12.5. The van der Waals surface area contributed by atoms with E-state index in [0.717, 1.165) is 58.3 Å². The van der Waals surface area contributed by atoms with Crippen LogP contribution in [0.2, 0.25) is 0 Å². The van der Waals surface area contributed by atoms with Crippen LogP contribution in [0.3, 0.4) is 0 Å². The minimum atomic E-state index is -0.353. The van der Waals surface area contributed by atoms with Crippen LogP contribution in [0.15, 0.2) is 212 Å². The summed E-state index contributed by atoms with van der Waals surface area (Å²) in [4.78, 5) is 4.73. The molecule has 0 radical (unpaired) electrons. The molecule has 0 amide bonds. The van der Waals surface area contributed by atoms with E-state index in [4.69, 9.17) is 4.74 Å². The second-order valence-corrected chi connectivity index (χ2v) is 15.5. The molecule has 0 bridgehead atoms. The van der Waals surface area contributed by atoms with Crippen LogP contribution in [0.4, 0.5) is 34.1 Å². The molecule has 1 aliphatic heterocycles. The molecule has 1 heterocycles. The molecular weight excluding hydrogens is 705 g/mol. The van der Waals surface area contributed by atoms with Gasteiger partial charge < -0.3 is 14.5 Å². The van der Waals surface area contributed by atoms with Crippen molar-refractivity contribution >= 4 is 39.7 Å². The van der Waals surface area contributed by atoms with Crippen molar-refractivity contribution in [2.75, 3.05) is 9.80 Å². The number of para-hydroxylation sites is 5. The number of fused-ring (bicyclic) bond motifs is 11. The van der Waals surface area contributed by atoms with Crippen LogP contribution in [0.5, 0.6) is 11.5 Å². The van der Waals surface area contributed by atoms with E-state index in [1.54, 1.807) is 0 Å². The molecular formula is C55H38N2O. The molecule has 3 heteroatoms. The molecule has 1 atom stereocenters. The van der Waals surface area contributed by atoms with Crippen molar-refractivity contribution in [1.29, 1.82) is 0 Å². The largest absolute Gasteiger partial charge is 0.453 e. The van der Waals surface area contributed by atoms with E-state index >= 15 is 0 Å². The third-order valence-electron chi connectivity index (χ3n) is 12.5. The minimum absolute atomic E-state index is 0.353. The van der Waals surface area contributed by atoms with Gasteiger partial charge in [0, 0.05) is 22.6 Å². The molecule has 12 rings (SSSR count). The number of hydrogen-bond donors (Lipinski definition) is 0. The van der Waals surface area contributed by atoms with Crippen LogP contribution >= 0.6 is 0 Å². The first-order valence-electron chi connectivity index (χ1n) is 20.2. The molecule has 58 heavy (non-hydrogen) atoms. The maximum Gasteiger partial charge on any atom is 0.151 e. The Kier molecular flexibility index (Phi) is 7.27. The van der Waals surface area contributed by atoms with Gasteiger partial charge in [-0.25, -0.2) is 0 Å². The Morgan fingerprint density at radius 3 is 1.78 bits per heavy atom. The zero-order valence-corrected chi connectivity index (χ0v) is 31.8. The van der Waals surface area contributed by atoms with Crippen molar-refractivity contribution in [1.82, 2.24) is 0 Å². The van der Waals surface area contributed by atoms with Gasteiger partial charge in [0.25, 0.3) is 0 Å². The highest BCUT2D eigenvalue weighted by Gasteiger charge is 2.53. The highest BCUT2D eigenvalue weighted by atomic mass is 16.5. The van der Waals surface area contributed by atoms with E-state index in [-0.39, 0.29) is 5.41 Å². The fourth-order valence-electron chi connectivity index (χ4n) is 10.2. The Morgan fingerprint density at radius 1 is 0.483 bits per heavy atom. The number of ether oxygens (including phenoxy) is 1. The topological polar surface area (TPSA) is 15.7 Å². The van der Waals surface area contributed by atoms with Crippen LogP contribution in [0.25, 0.3) is 27.8 Å². The second kappa shape index (κ2) is 12.8. The SMILES string of the molecule is C1=CC2=C(CC1)c1ccccc1C21c2ccccc2-c2c(N(c3ccccc3)c3ccc(-c4ccc(N5c6ccccc6Oc6ccccc65)cc4)cc3)cccc21. The van der Waals surface area contributed by atoms with Gasteiger partial charge in [-0.15, -0.1) is 0 Å². The van der Waals surface area contributed by atoms with Crippen LogP contribution < -0.4 is 14.5 Å². The van der Waals surface area contributed by atoms with Crippen molar-refractivity contribution in [2.45, 2.75) is 18.3 Å². The van der Waals surface area contributed by atoms with Gasteiger partial charge in [0.2, 0.25) is 0 Å². The Balaban J connectivity index is 0.965. The van der Waals surface area contributed by atoms with Crippen molar-refractivity contribution in [2.24, 2.45) is 0 Å². The summed E-state index contributed by atoms with van der Waals surface area (Å²) in [5.41, 5.74) is 19.6. The van der Waals surface area contributed by atoms with Gasteiger partial charge in [0.05, 0.1) is 22.5 Å². The molecule has 1 unspecified atom stereocenters. The van der Waals surface area contributed by atoms with Crippen LogP contribution in [0.1, 0.15) is 35.1 Å². The van der Waals surface area contributed by atoms with Gasteiger partial charge in [0.1, 0.15) is 0 Å². The predicted molar refractivity (Wildman–Crippen MR) is 238 cm³/mol. The fraction of sp³-hybridized carbons (Fsp3) is 0.0545. The molecule has 8 aromatic carbocycles. The molecule has 0 N–H and O–H groups in total. The molecule has 274 valence electrons. The van der Waals surface area contributed by atoms with E-state index in [2.05, 4.69) is 192 Å². The van der Waals surface area contributed by atoms with E-state index in [9.17, 15) is 0 Å². The zero-order valence-electron chi connectivity index (χ0n) is 31.8. The number of rotatable bonds is 5. The van der Waals surface area contributed by atoms with Crippen molar-refractivity contribution in [3.63, 3.8) is 0 Å². The fourth-order valence-corrected chi connectivity index (χ4v) is 10.2. The van der Waals surface area contributed by atoms with Gasteiger partial charge in [-0.3, -0.25) is 0 Å². The van der Waals surface area contributed by atoms with Gasteiger partial charge in [-0.2, -0.15) is 0 Å². The number of anilines is 6. The molecule has 8 aromatic rings. The van der Waals surface area contributed by atoms with Crippen molar-refractivity contribution in [3.05, 3.63) is 234 Å². The normalized spacial score (nSPS) is 16.5. The Morgan fingerprint density at radius 2 is 1.05 bits per heavy atom. The lowest BCUT2D eigenvalue weighted by atomic mass is 9.69. The molecule has 4 aliphatic rings. The molecule has 1 spiro atoms. The molecule has 3 nitrogen and oxygen atoms in total. The van der Waals surface area contributed by atoms with Crippen LogP contribution in [-0.2, 0) is 5.41 Å². The lowest BCUT2D eigenvalue weighted by molar-refractivity contribution is 0.477. The van der Waals surface area contributed by atoms with Gasteiger partial charge in [0.15, 0.2) is 11.5 Å². The highest BCUT2D eigenvalue weighted by molar-refractivity contribution is 6.01. The standard InChI is InChI=1S/C55H38N2O/c1-2-15-39(16-3-1)56(40-33-29-37(30-34-40)38-31-35-41(36-32-38)57-49-24-10-12-27-52(49)58-53-28-13-11-25-50(53)57)51-26-14-23-48-54(51)44-19-6-9-22-47(44)55(48)45-20-7-4-17-42(45)43-18-5-8-21-46(43)55/h1-4,6-17,19-36H,5,18H2. The first-order valence-corrected chi connectivity index (χ1v) is 20.2. The van der Waals surface area contributed by atoms with E-state index < -0.39 is 0 Å². The van der Waals surface area contributed by atoms with E-state index in [1.807, 2.05) is 24.3 Å². The van der Waals surface area contributed by atoms with Gasteiger partial charge in [-0.1, -0.05) is 140 Å². The van der Waals surface area contributed by atoms with Crippen LogP contribution in [-0.4, -0.2) is 0 Å². The zero-order chi connectivity index (χ0) is 38.2. The Labute approximate surface area is 339 Å². The smallest absolute Gasteiger partial charge is 0.151 e. The molecule has 0 saturated carbocycles. The predicted octanol–water partition coefficient (Wildman–Crippen LogP) is 14.8. The number of nitrogens with zero attached hydrogens (tertiary/aromatic N) is 2. The Hall–Kier alpha value is -7.36. The summed E-state index contributed by atoms with van der Waals surface area (Å²) in [5, 5.41) is 0. The lowest BCUT2D eigenvalue weighted by Gasteiger charge is -2.33. The van der Waals surface area contributed by atoms with E-state index in [1.165, 1.54) is 55.8 Å². The van der Waals surface area contributed by atoms with E-state index in [0.29, 0.717) is 0 Å². The molecule has 0 aromatic heterocycles. The van der Waals surface area contributed by atoms with Gasteiger partial charge in [-0.05, 0) is 130 Å². The first kappa shape index (κ1) is 32.8. The lowest BCUT2D eigenvalue weighted by Crippen LogP contribution is -2.27. The summed E-state index contributed by atoms with van der Waals surface area (Å²) >= 11 is 0. The van der Waals surface area contributed by atoms with Crippen molar-refractivity contribution in [3.8, 4) is 33.8 Å². The van der Waals surface area contributed by atoms with Crippen LogP contribution in [0, 0.1) is 0 Å². The molecule has 0 fully saturated rings. The molecule has 0 saturated heterocycles. The molecule has 3 aliphatic carbocycles. The number of benzene rings is 8.